The van der Waals surface area contributed by atoms with Crippen molar-refractivity contribution in [2.75, 3.05) is 33.2 Å². The first-order chi connectivity index (χ1) is 17.8. The van der Waals surface area contributed by atoms with Crippen LogP contribution in [-0.2, 0) is 12.1 Å². The second-order valence-corrected chi connectivity index (χ2v) is 10.7. The van der Waals surface area contributed by atoms with E-state index in [0.717, 1.165) is 42.7 Å². The Bertz CT molecular complexity index is 1160. The van der Waals surface area contributed by atoms with E-state index in [-0.39, 0.29) is 24.4 Å². The SMILES string of the molecule is CN(CC(CCN1CCC(O)(c2ccccc2)CC1)c1ccc(Cl)c(Cl)c1)C(=O)NCc1ccccc1.Cl. The van der Waals surface area contributed by atoms with Crippen LogP contribution >= 0.6 is 35.6 Å². The first-order valence-electron chi connectivity index (χ1n) is 12.8. The standard InChI is InChI=1S/C30H35Cl2N3O2.ClH/c1-34(29(36)33-21-23-8-4-2-5-9-23)22-25(24-12-13-27(31)28(32)20-24)14-17-35-18-15-30(37,16-19-35)26-10-6-3-7-11-26;/h2-13,20,25,37H,14-19,21-22H2,1H3,(H,33,36);1H. The number of hydrogen-bond donors (Lipinski definition) is 2. The number of nitrogens with one attached hydrogen (secondary N) is 1. The molecule has 0 radical (unpaired) electrons. The maximum atomic E-state index is 12.8. The van der Waals surface area contributed by atoms with E-state index >= 15 is 0 Å². The molecule has 8 heteroatoms. The fourth-order valence-corrected chi connectivity index (χ4v) is 5.28. The normalized spacial score (nSPS) is 15.8. The maximum absolute atomic E-state index is 12.8. The van der Waals surface area contributed by atoms with Crippen LogP contribution in [0.25, 0.3) is 0 Å². The molecule has 1 unspecified atom stereocenters. The van der Waals surface area contributed by atoms with Crippen molar-refractivity contribution in [1.29, 1.82) is 0 Å². The fraction of sp³-hybridized carbons (Fsp3) is 0.367. The molecule has 1 aliphatic heterocycles. The van der Waals surface area contributed by atoms with E-state index in [1.165, 1.54) is 0 Å². The molecule has 1 aliphatic rings. The van der Waals surface area contributed by atoms with Gasteiger partial charge in [0.2, 0.25) is 0 Å². The number of halogens is 3. The van der Waals surface area contributed by atoms with Gasteiger partial charge in [-0.3, -0.25) is 0 Å². The Hall–Kier alpha value is -2.28. The third kappa shape index (κ3) is 8.11. The second-order valence-electron chi connectivity index (χ2n) is 9.92. The molecular formula is C30H36Cl3N3O2. The number of carbonyl (C=O) groups is 1. The zero-order valence-electron chi connectivity index (χ0n) is 21.7. The molecule has 1 saturated heterocycles. The van der Waals surface area contributed by atoms with Gasteiger partial charge in [0.1, 0.15) is 0 Å². The number of piperidine rings is 1. The van der Waals surface area contributed by atoms with Gasteiger partial charge in [0.05, 0.1) is 15.6 Å². The number of aliphatic hydroxyl groups is 1. The molecule has 2 amide bonds. The van der Waals surface area contributed by atoms with Gasteiger partial charge in [0.15, 0.2) is 0 Å². The highest BCUT2D eigenvalue weighted by molar-refractivity contribution is 6.42. The summed E-state index contributed by atoms with van der Waals surface area (Å²) in [4.78, 5) is 17.0. The number of nitrogens with zero attached hydrogens (tertiary/aromatic N) is 2. The number of urea groups is 1. The van der Waals surface area contributed by atoms with E-state index in [1.807, 2.05) is 85.9 Å². The lowest BCUT2D eigenvalue weighted by Gasteiger charge is -2.39. The molecule has 3 aromatic carbocycles. The summed E-state index contributed by atoms with van der Waals surface area (Å²) in [6.07, 6.45) is 2.27. The van der Waals surface area contributed by atoms with E-state index in [2.05, 4.69) is 10.2 Å². The van der Waals surface area contributed by atoms with Gasteiger partial charge in [-0.1, -0.05) is 89.9 Å². The highest BCUT2D eigenvalue weighted by Crippen LogP contribution is 2.34. The molecule has 1 atom stereocenters. The van der Waals surface area contributed by atoms with Gasteiger partial charge in [0.25, 0.3) is 0 Å². The Labute approximate surface area is 242 Å². The molecule has 2 N–H and O–H groups in total. The first kappa shape index (κ1) is 30.3. The third-order valence-electron chi connectivity index (χ3n) is 7.33. The minimum absolute atomic E-state index is 0. The number of benzene rings is 3. The Morgan fingerprint density at radius 3 is 2.26 bits per heavy atom. The van der Waals surface area contributed by atoms with Crippen LogP contribution in [0.15, 0.2) is 78.9 Å². The molecule has 1 heterocycles. The number of hydrogen-bond acceptors (Lipinski definition) is 3. The molecule has 0 saturated carbocycles. The average molecular weight is 577 g/mol. The summed E-state index contributed by atoms with van der Waals surface area (Å²) >= 11 is 12.5. The Morgan fingerprint density at radius 1 is 1.00 bits per heavy atom. The van der Waals surface area contributed by atoms with Crippen molar-refractivity contribution in [3.05, 3.63) is 106 Å². The van der Waals surface area contributed by atoms with Gasteiger partial charge in [0, 0.05) is 39.1 Å². The van der Waals surface area contributed by atoms with E-state index in [4.69, 9.17) is 23.2 Å². The fourth-order valence-electron chi connectivity index (χ4n) is 4.97. The predicted molar refractivity (Wildman–Crippen MR) is 158 cm³/mol. The Kier molecular flexibility index (Phi) is 11.3. The van der Waals surface area contributed by atoms with Gasteiger partial charge in [-0.25, -0.2) is 4.79 Å². The topological polar surface area (TPSA) is 55.8 Å². The Balaban J connectivity index is 0.00000400. The second kappa shape index (κ2) is 14.2. The van der Waals surface area contributed by atoms with Crippen molar-refractivity contribution in [1.82, 2.24) is 15.1 Å². The third-order valence-corrected chi connectivity index (χ3v) is 8.07. The van der Waals surface area contributed by atoms with Crippen LogP contribution in [0.3, 0.4) is 0 Å². The summed E-state index contributed by atoms with van der Waals surface area (Å²) < 4.78 is 0. The summed E-state index contributed by atoms with van der Waals surface area (Å²) in [5, 5.41) is 15.2. The van der Waals surface area contributed by atoms with Crippen molar-refractivity contribution in [3.8, 4) is 0 Å². The molecule has 38 heavy (non-hydrogen) atoms. The van der Waals surface area contributed by atoms with Crippen LogP contribution in [0.1, 0.15) is 41.9 Å². The number of rotatable bonds is 9. The molecule has 3 aromatic rings. The molecule has 0 spiro atoms. The van der Waals surface area contributed by atoms with E-state index in [9.17, 15) is 9.90 Å². The summed E-state index contributed by atoms with van der Waals surface area (Å²) in [5.74, 6) is 0.0946. The molecule has 204 valence electrons. The lowest BCUT2D eigenvalue weighted by Crippen LogP contribution is -2.43. The van der Waals surface area contributed by atoms with Crippen molar-refractivity contribution in [3.63, 3.8) is 0 Å². The summed E-state index contributed by atoms with van der Waals surface area (Å²) in [6.45, 7) is 3.56. The van der Waals surface area contributed by atoms with Crippen molar-refractivity contribution in [2.45, 2.75) is 37.3 Å². The predicted octanol–water partition coefficient (Wildman–Crippen LogP) is 6.71. The first-order valence-corrected chi connectivity index (χ1v) is 13.6. The van der Waals surface area contributed by atoms with E-state index < -0.39 is 5.60 Å². The van der Waals surface area contributed by atoms with Crippen LogP contribution in [0.5, 0.6) is 0 Å². The van der Waals surface area contributed by atoms with Gasteiger partial charge < -0.3 is 20.2 Å². The van der Waals surface area contributed by atoms with Gasteiger partial charge in [-0.2, -0.15) is 0 Å². The van der Waals surface area contributed by atoms with Crippen LogP contribution in [0, 0.1) is 0 Å². The quantitative estimate of drug-likeness (QED) is 0.298. The summed E-state index contributed by atoms with van der Waals surface area (Å²) in [5.41, 5.74) is 2.35. The van der Waals surface area contributed by atoms with Crippen molar-refractivity contribution >= 4 is 41.6 Å². The summed E-state index contributed by atoms with van der Waals surface area (Å²) in [7, 11) is 1.83. The number of carbonyl (C=O) groups excluding carboxylic acids is 1. The molecule has 0 aromatic heterocycles. The molecule has 1 fully saturated rings. The minimum atomic E-state index is -0.766. The molecule has 5 nitrogen and oxygen atoms in total. The molecule has 4 rings (SSSR count). The van der Waals surface area contributed by atoms with E-state index in [1.54, 1.807) is 4.90 Å². The van der Waals surface area contributed by atoms with Gasteiger partial charge >= 0.3 is 6.03 Å². The average Bonchev–Trinajstić information content (AvgIpc) is 2.93. The zero-order valence-corrected chi connectivity index (χ0v) is 24.0. The summed E-state index contributed by atoms with van der Waals surface area (Å²) in [6, 6.07) is 25.5. The van der Waals surface area contributed by atoms with Crippen molar-refractivity contribution in [2.24, 2.45) is 0 Å². The monoisotopic (exact) mass is 575 g/mol. The maximum Gasteiger partial charge on any atom is 0.317 e. The van der Waals surface area contributed by atoms with Crippen LogP contribution in [0.4, 0.5) is 4.79 Å². The molecule has 0 bridgehead atoms. The van der Waals surface area contributed by atoms with Gasteiger partial charge in [-0.05, 0) is 54.6 Å². The molecule has 0 aliphatic carbocycles. The van der Waals surface area contributed by atoms with E-state index in [0.29, 0.717) is 36.0 Å². The largest absolute Gasteiger partial charge is 0.385 e. The number of likely N-dealkylation sites (tertiary alicyclic amines) is 1. The smallest absolute Gasteiger partial charge is 0.317 e. The highest BCUT2D eigenvalue weighted by Gasteiger charge is 2.34. The minimum Gasteiger partial charge on any atom is -0.385 e. The van der Waals surface area contributed by atoms with Crippen LogP contribution < -0.4 is 5.32 Å². The number of amides is 2. The Morgan fingerprint density at radius 2 is 1.63 bits per heavy atom. The highest BCUT2D eigenvalue weighted by atomic mass is 35.5. The van der Waals surface area contributed by atoms with Crippen LogP contribution in [0.2, 0.25) is 10.0 Å². The zero-order chi connectivity index (χ0) is 26.3. The molecular weight excluding hydrogens is 541 g/mol. The van der Waals surface area contributed by atoms with Crippen molar-refractivity contribution < 1.29 is 9.90 Å². The number of likely N-dealkylation sites (N-methyl/N-ethyl adjacent to an activating group) is 1. The van der Waals surface area contributed by atoms with Crippen LogP contribution in [-0.4, -0.2) is 54.2 Å². The lowest BCUT2D eigenvalue weighted by atomic mass is 9.84. The lowest BCUT2D eigenvalue weighted by molar-refractivity contribution is -0.0264. The van der Waals surface area contributed by atoms with Gasteiger partial charge in [-0.15, -0.1) is 12.4 Å².